The van der Waals surface area contributed by atoms with E-state index in [9.17, 15) is 8.78 Å². The molecule has 0 radical (unpaired) electrons. The third-order valence-electron chi connectivity index (χ3n) is 6.16. The molecule has 1 aromatic heterocycles. The molecule has 0 saturated carbocycles. The van der Waals surface area contributed by atoms with E-state index in [0.717, 1.165) is 59.4 Å². The molecule has 0 spiro atoms. The van der Waals surface area contributed by atoms with E-state index in [-0.39, 0.29) is 12.3 Å². The van der Waals surface area contributed by atoms with Gasteiger partial charge in [0.2, 0.25) is 6.43 Å². The zero-order valence-corrected chi connectivity index (χ0v) is 19.5. The lowest BCUT2D eigenvalue weighted by atomic mass is 9.89. The number of H-pyrrole nitrogens is 1. The number of allylic oxidation sites excluding steroid dienone is 4. The molecule has 3 N–H and O–H groups in total. The second-order valence-electron chi connectivity index (χ2n) is 8.47. The summed E-state index contributed by atoms with van der Waals surface area (Å²) in [6, 6.07) is 6.28. The number of hydrogen-bond acceptors (Lipinski definition) is 2. The first-order valence-corrected chi connectivity index (χ1v) is 11.4. The topological polar surface area (TPSA) is 64.0 Å². The molecule has 1 saturated heterocycles. The summed E-state index contributed by atoms with van der Waals surface area (Å²) in [6.07, 6.45) is 4.06. The number of nitrogens with one attached hydrogen (secondary N) is 3. The zero-order valence-electron chi connectivity index (χ0n) is 19.5. The maximum absolute atomic E-state index is 13.6. The molecule has 0 unspecified atom stereocenters. The average Bonchev–Trinajstić information content (AvgIpc) is 3.12. The summed E-state index contributed by atoms with van der Waals surface area (Å²) < 4.78 is 27.2. The van der Waals surface area contributed by atoms with Gasteiger partial charge in [0.15, 0.2) is 0 Å². The monoisotopic (exact) mass is 440 g/mol. The van der Waals surface area contributed by atoms with E-state index in [1.54, 1.807) is 6.92 Å². The highest BCUT2D eigenvalue weighted by Crippen LogP contribution is 2.34. The molecule has 0 aliphatic carbocycles. The normalized spacial score (nSPS) is 16.9. The molecule has 4 nitrogen and oxygen atoms in total. The lowest BCUT2D eigenvalue weighted by molar-refractivity contribution is 0.149. The van der Waals surface area contributed by atoms with E-state index >= 15 is 0 Å². The van der Waals surface area contributed by atoms with Gasteiger partial charge in [0.05, 0.1) is 0 Å². The molecule has 1 aliphatic heterocycles. The molecule has 0 atom stereocenters. The van der Waals surface area contributed by atoms with E-state index in [1.807, 2.05) is 39.0 Å². The molecule has 32 heavy (non-hydrogen) atoms. The van der Waals surface area contributed by atoms with Crippen molar-refractivity contribution in [2.24, 2.45) is 4.99 Å². The average molecular weight is 441 g/mol. The van der Waals surface area contributed by atoms with Gasteiger partial charge in [0.25, 0.3) is 0 Å². The second-order valence-corrected chi connectivity index (χ2v) is 8.47. The van der Waals surface area contributed by atoms with Gasteiger partial charge in [0.1, 0.15) is 5.84 Å². The van der Waals surface area contributed by atoms with Crippen LogP contribution in [-0.4, -0.2) is 36.0 Å². The first-order chi connectivity index (χ1) is 15.3. The number of aliphatic imine (C=N–C) groups is 1. The van der Waals surface area contributed by atoms with Gasteiger partial charge in [-0.1, -0.05) is 19.1 Å². The largest absolute Gasteiger partial charge is 0.354 e. The predicted molar refractivity (Wildman–Crippen MR) is 131 cm³/mol. The highest BCUT2D eigenvalue weighted by atomic mass is 19.3. The van der Waals surface area contributed by atoms with Crippen LogP contribution in [0.15, 0.2) is 40.9 Å². The van der Waals surface area contributed by atoms with Gasteiger partial charge < -0.3 is 10.3 Å². The Labute approximate surface area is 189 Å². The number of halogens is 2. The van der Waals surface area contributed by atoms with E-state index in [2.05, 4.69) is 27.4 Å². The molecule has 6 heteroatoms. The fraction of sp³-hybridized carbons (Fsp3) is 0.462. The van der Waals surface area contributed by atoms with Gasteiger partial charge in [-0.15, -0.1) is 0 Å². The summed E-state index contributed by atoms with van der Waals surface area (Å²) in [5.41, 5.74) is 6.16. The summed E-state index contributed by atoms with van der Waals surface area (Å²) in [7, 11) is 0. The number of alkyl halides is 2. The summed E-state index contributed by atoms with van der Waals surface area (Å²) in [6.45, 7) is 9.52. The maximum Gasteiger partial charge on any atom is 0.242 e. The number of nitrogens with zero attached hydrogens (tertiary/aromatic N) is 1. The van der Waals surface area contributed by atoms with Crippen molar-refractivity contribution in [2.45, 2.75) is 65.7 Å². The van der Waals surface area contributed by atoms with Crippen LogP contribution in [0.25, 0.3) is 16.5 Å². The fourth-order valence-corrected chi connectivity index (χ4v) is 4.55. The number of aromatic amines is 1. The number of piperidine rings is 1. The lowest BCUT2D eigenvalue weighted by Gasteiger charge is -2.23. The van der Waals surface area contributed by atoms with E-state index in [4.69, 9.17) is 5.41 Å². The number of aromatic nitrogens is 1. The number of fused-ring (bicyclic) bond motifs is 1. The molecule has 1 aliphatic rings. The van der Waals surface area contributed by atoms with Crippen molar-refractivity contribution >= 4 is 28.0 Å². The summed E-state index contributed by atoms with van der Waals surface area (Å²) in [5, 5.41) is 12.0. The van der Waals surface area contributed by atoms with Crippen LogP contribution in [0.4, 0.5) is 8.78 Å². The Morgan fingerprint density at radius 3 is 2.56 bits per heavy atom. The Bertz CT molecular complexity index is 1050. The Morgan fingerprint density at radius 1 is 1.25 bits per heavy atom. The smallest absolute Gasteiger partial charge is 0.242 e. The molecule has 1 aromatic carbocycles. The van der Waals surface area contributed by atoms with Crippen LogP contribution in [0.1, 0.15) is 69.7 Å². The quantitative estimate of drug-likeness (QED) is 0.252. The molecule has 0 bridgehead atoms. The highest BCUT2D eigenvalue weighted by Gasteiger charge is 2.21. The van der Waals surface area contributed by atoms with Crippen LogP contribution in [0.2, 0.25) is 0 Å². The van der Waals surface area contributed by atoms with Crippen LogP contribution in [-0.2, 0) is 6.42 Å². The van der Waals surface area contributed by atoms with Crippen molar-refractivity contribution in [1.29, 1.82) is 5.41 Å². The summed E-state index contributed by atoms with van der Waals surface area (Å²) in [5.74, 6) is 0.723. The van der Waals surface area contributed by atoms with E-state index in [1.165, 1.54) is 5.56 Å². The van der Waals surface area contributed by atoms with Crippen LogP contribution >= 0.6 is 0 Å². The fourth-order valence-electron chi connectivity index (χ4n) is 4.55. The standard InChI is InChI=1S/C26H34F2N4/c1-5-18(13-16(3)23(6-2)31-17(4)29)26-22(15-25(27)28)21-14-20(7-8-24(21)32-26)19-9-11-30-12-10-19/h5,7-8,13-14,19,25,29-30,32H,6,9-12,15H2,1-4H3/b16-13-,18-5+,29-17?,31-23?. The van der Waals surface area contributed by atoms with Crippen molar-refractivity contribution in [2.75, 3.05) is 13.1 Å². The van der Waals surface area contributed by atoms with Crippen LogP contribution in [0.5, 0.6) is 0 Å². The Balaban J connectivity index is 2.09. The molecule has 2 heterocycles. The van der Waals surface area contributed by atoms with E-state index in [0.29, 0.717) is 17.9 Å². The Hall–Kier alpha value is -2.60. The third-order valence-corrected chi connectivity index (χ3v) is 6.16. The predicted octanol–water partition coefficient (Wildman–Crippen LogP) is 6.64. The van der Waals surface area contributed by atoms with Crippen molar-refractivity contribution in [3.05, 3.63) is 52.7 Å². The first kappa shape index (κ1) is 24.1. The molecule has 3 rings (SSSR count). The first-order valence-electron chi connectivity index (χ1n) is 11.4. The van der Waals surface area contributed by atoms with Gasteiger partial charge in [-0.2, -0.15) is 0 Å². The number of rotatable bonds is 7. The SMILES string of the molecule is C/C=C(\C=C(\C)C(CC)=NC(C)=N)c1[nH]c2ccc(C3CCNCC3)cc2c1CC(F)F. The van der Waals surface area contributed by atoms with Crippen molar-refractivity contribution in [3.63, 3.8) is 0 Å². The van der Waals surface area contributed by atoms with Crippen LogP contribution < -0.4 is 5.32 Å². The number of hydrogen-bond donors (Lipinski definition) is 3. The maximum atomic E-state index is 13.6. The molecule has 0 amide bonds. The van der Waals surface area contributed by atoms with Gasteiger partial charge in [0, 0.05) is 28.7 Å². The van der Waals surface area contributed by atoms with Gasteiger partial charge in [-0.25, -0.2) is 13.8 Å². The summed E-state index contributed by atoms with van der Waals surface area (Å²) >= 11 is 0. The minimum Gasteiger partial charge on any atom is -0.354 e. The van der Waals surface area contributed by atoms with Gasteiger partial charge >= 0.3 is 0 Å². The highest BCUT2D eigenvalue weighted by molar-refractivity contribution is 6.07. The van der Waals surface area contributed by atoms with E-state index < -0.39 is 6.43 Å². The Morgan fingerprint density at radius 2 is 1.97 bits per heavy atom. The zero-order chi connectivity index (χ0) is 23.3. The molecular weight excluding hydrogens is 406 g/mol. The molecule has 1 fully saturated rings. The lowest BCUT2D eigenvalue weighted by Crippen LogP contribution is -2.26. The second kappa shape index (κ2) is 10.8. The van der Waals surface area contributed by atoms with Crippen LogP contribution in [0, 0.1) is 5.41 Å². The number of amidine groups is 1. The van der Waals surface area contributed by atoms with Crippen molar-refractivity contribution in [1.82, 2.24) is 10.3 Å². The Kier molecular flexibility index (Phi) is 8.13. The molecule has 172 valence electrons. The van der Waals surface area contributed by atoms with Crippen molar-refractivity contribution in [3.8, 4) is 0 Å². The number of benzene rings is 1. The van der Waals surface area contributed by atoms with Gasteiger partial charge in [-0.3, -0.25) is 5.41 Å². The van der Waals surface area contributed by atoms with Gasteiger partial charge in [-0.05, 0) is 99.5 Å². The minimum atomic E-state index is -2.42. The van der Waals surface area contributed by atoms with Crippen molar-refractivity contribution < 1.29 is 8.78 Å². The molecular formula is C26H34F2N4. The third kappa shape index (κ3) is 5.60. The van der Waals surface area contributed by atoms with Crippen LogP contribution in [0.3, 0.4) is 0 Å². The molecule has 2 aromatic rings. The summed E-state index contributed by atoms with van der Waals surface area (Å²) in [4.78, 5) is 7.74. The minimum absolute atomic E-state index is 0.256.